The van der Waals surface area contributed by atoms with E-state index in [4.69, 9.17) is 11.6 Å². The fourth-order valence-electron chi connectivity index (χ4n) is 1.46. The number of benzene rings is 1. The van der Waals surface area contributed by atoms with Gasteiger partial charge in [-0.3, -0.25) is 4.79 Å². The van der Waals surface area contributed by atoms with Crippen LogP contribution in [0.3, 0.4) is 0 Å². The Hall–Kier alpha value is -1.02. The Morgan fingerprint density at radius 2 is 2.07 bits per heavy atom. The monoisotopic (exact) mass is 225 g/mol. The average molecular weight is 226 g/mol. The van der Waals surface area contributed by atoms with Crippen LogP contribution in [0.2, 0.25) is 0 Å². The number of rotatable bonds is 3. The number of anilines is 1. The number of carbonyl (C=O) groups is 1. The Morgan fingerprint density at radius 1 is 1.40 bits per heavy atom. The average Bonchev–Trinajstić information content (AvgIpc) is 2.21. The fraction of sp³-hybridized carbons (Fsp3) is 0.417. The number of hydrogen-bond acceptors (Lipinski definition) is 1. The smallest absolute Gasteiger partial charge is 0.227 e. The quantitative estimate of drug-likeness (QED) is 0.725. The highest BCUT2D eigenvalue weighted by atomic mass is 35.5. The Labute approximate surface area is 95.8 Å². The molecule has 1 aromatic rings. The Kier molecular flexibility index (Phi) is 4.15. The van der Waals surface area contributed by atoms with Gasteiger partial charge in [-0.2, -0.15) is 0 Å². The summed E-state index contributed by atoms with van der Waals surface area (Å²) >= 11 is 5.55. The van der Waals surface area contributed by atoms with E-state index in [1.165, 1.54) is 0 Å². The number of nitrogens with zero attached hydrogens (tertiary/aromatic N) is 1. The van der Waals surface area contributed by atoms with Gasteiger partial charge in [0.15, 0.2) is 0 Å². The topological polar surface area (TPSA) is 20.3 Å². The van der Waals surface area contributed by atoms with Crippen molar-refractivity contribution in [1.82, 2.24) is 0 Å². The van der Waals surface area contributed by atoms with Crippen LogP contribution in [0.1, 0.15) is 17.5 Å². The Balaban J connectivity index is 2.94. The van der Waals surface area contributed by atoms with Gasteiger partial charge in [-0.05, 0) is 31.0 Å². The molecule has 0 radical (unpaired) electrons. The number of hydrogen-bond donors (Lipinski definition) is 0. The molecule has 0 N–H and O–H groups in total. The summed E-state index contributed by atoms with van der Waals surface area (Å²) in [6.07, 6.45) is 0.380. The van der Waals surface area contributed by atoms with Crippen molar-refractivity contribution in [3.8, 4) is 0 Å². The van der Waals surface area contributed by atoms with E-state index >= 15 is 0 Å². The third kappa shape index (κ3) is 2.96. The molecule has 3 heteroatoms. The van der Waals surface area contributed by atoms with Crippen LogP contribution in [-0.2, 0) is 4.79 Å². The lowest BCUT2D eigenvalue weighted by atomic mass is 10.1. The third-order valence-corrected chi connectivity index (χ3v) is 2.60. The van der Waals surface area contributed by atoms with Crippen molar-refractivity contribution in [2.45, 2.75) is 20.3 Å². The maximum atomic E-state index is 11.6. The summed E-state index contributed by atoms with van der Waals surface area (Å²) in [4.78, 5) is 13.3. The molecule has 0 spiro atoms. The lowest BCUT2D eigenvalue weighted by molar-refractivity contribution is -0.117. The predicted molar refractivity (Wildman–Crippen MR) is 64.7 cm³/mol. The zero-order chi connectivity index (χ0) is 11.4. The molecular weight excluding hydrogens is 210 g/mol. The first-order valence-electron chi connectivity index (χ1n) is 4.96. The van der Waals surface area contributed by atoms with Crippen LogP contribution in [0.25, 0.3) is 0 Å². The predicted octanol–water partition coefficient (Wildman–Crippen LogP) is 2.90. The summed E-state index contributed by atoms with van der Waals surface area (Å²) in [5.74, 6) is 0.423. The summed E-state index contributed by atoms with van der Waals surface area (Å²) < 4.78 is 0. The van der Waals surface area contributed by atoms with Gasteiger partial charge in [0.2, 0.25) is 5.91 Å². The standard InChI is InChI=1S/C12H16ClNO/c1-9-4-5-10(2)11(8-9)14(3)12(15)6-7-13/h4-5,8H,6-7H2,1-3H3. The minimum atomic E-state index is 0.0544. The summed E-state index contributed by atoms with van der Waals surface area (Å²) in [6.45, 7) is 4.02. The van der Waals surface area contributed by atoms with E-state index < -0.39 is 0 Å². The molecule has 0 heterocycles. The molecule has 0 saturated heterocycles. The third-order valence-electron chi connectivity index (χ3n) is 2.41. The molecule has 0 atom stereocenters. The van der Waals surface area contributed by atoms with Crippen LogP contribution >= 0.6 is 11.6 Å². The fourth-order valence-corrected chi connectivity index (χ4v) is 1.63. The zero-order valence-electron chi connectivity index (χ0n) is 9.38. The van der Waals surface area contributed by atoms with Gasteiger partial charge in [-0.25, -0.2) is 0 Å². The highest BCUT2D eigenvalue weighted by Crippen LogP contribution is 2.20. The molecule has 0 bridgehead atoms. The molecule has 0 fully saturated rings. The van der Waals surface area contributed by atoms with Gasteiger partial charge in [0.25, 0.3) is 0 Å². The maximum absolute atomic E-state index is 11.6. The van der Waals surface area contributed by atoms with Crippen LogP contribution in [0, 0.1) is 13.8 Å². The van der Waals surface area contributed by atoms with Crippen molar-refractivity contribution in [2.24, 2.45) is 0 Å². The molecule has 1 rings (SSSR count). The van der Waals surface area contributed by atoms with E-state index in [0.717, 1.165) is 16.8 Å². The van der Waals surface area contributed by atoms with E-state index in [0.29, 0.717) is 12.3 Å². The highest BCUT2D eigenvalue weighted by molar-refractivity contribution is 6.19. The SMILES string of the molecule is Cc1ccc(C)c(N(C)C(=O)CCCl)c1. The number of carbonyl (C=O) groups excluding carboxylic acids is 1. The minimum absolute atomic E-state index is 0.0544. The van der Waals surface area contributed by atoms with Crippen LogP contribution in [0.15, 0.2) is 18.2 Å². The van der Waals surface area contributed by atoms with Gasteiger partial charge in [0, 0.05) is 25.0 Å². The first kappa shape index (κ1) is 12.1. The van der Waals surface area contributed by atoms with Crippen LogP contribution < -0.4 is 4.90 Å². The van der Waals surface area contributed by atoms with Crippen molar-refractivity contribution in [3.05, 3.63) is 29.3 Å². The number of halogens is 1. The van der Waals surface area contributed by atoms with Crippen LogP contribution in [0.4, 0.5) is 5.69 Å². The van der Waals surface area contributed by atoms with Gasteiger partial charge < -0.3 is 4.90 Å². The largest absolute Gasteiger partial charge is 0.315 e. The second-order valence-electron chi connectivity index (χ2n) is 3.68. The summed E-state index contributed by atoms with van der Waals surface area (Å²) in [5, 5.41) is 0. The van der Waals surface area contributed by atoms with Crippen molar-refractivity contribution < 1.29 is 4.79 Å². The first-order valence-corrected chi connectivity index (χ1v) is 5.49. The molecular formula is C12H16ClNO. The van der Waals surface area contributed by atoms with E-state index in [-0.39, 0.29) is 5.91 Å². The molecule has 1 amide bonds. The molecule has 82 valence electrons. The van der Waals surface area contributed by atoms with Crippen LogP contribution in [-0.4, -0.2) is 18.8 Å². The van der Waals surface area contributed by atoms with Gasteiger partial charge in [0.1, 0.15) is 0 Å². The maximum Gasteiger partial charge on any atom is 0.227 e. The van der Waals surface area contributed by atoms with E-state index in [2.05, 4.69) is 0 Å². The summed E-state index contributed by atoms with van der Waals surface area (Å²) in [7, 11) is 1.79. The van der Waals surface area contributed by atoms with E-state index in [1.54, 1.807) is 11.9 Å². The van der Waals surface area contributed by atoms with Gasteiger partial charge in [-0.1, -0.05) is 12.1 Å². The van der Waals surface area contributed by atoms with Crippen molar-refractivity contribution >= 4 is 23.2 Å². The molecule has 2 nitrogen and oxygen atoms in total. The van der Waals surface area contributed by atoms with Crippen LogP contribution in [0.5, 0.6) is 0 Å². The molecule has 0 unspecified atom stereocenters. The lowest BCUT2D eigenvalue weighted by Gasteiger charge is -2.19. The summed E-state index contributed by atoms with van der Waals surface area (Å²) in [5.41, 5.74) is 3.22. The first-order chi connectivity index (χ1) is 7.06. The second-order valence-corrected chi connectivity index (χ2v) is 4.06. The van der Waals surface area contributed by atoms with E-state index in [9.17, 15) is 4.79 Å². The normalized spacial score (nSPS) is 10.1. The highest BCUT2D eigenvalue weighted by Gasteiger charge is 2.11. The molecule has 15 heavy (non-hydrogen) atoms. The van der Waals surface area contributed by atoms with Crippen molar-refractivity contribution in [3.63, 3.8) is 0 Å². The van der Waals surface area contributed by atoms with Crippen molar-refractivity contribution in [1.29, 1.82) is 0 Å². The number of alkyl halides is 1. The Morgan fingerprint density at radius 3 is 2.67 bits per heavy atom. The molecule has 0 aliphatic heterocycles. The lowest BCUT2D eigenvalue weighted by Crippen LogP contribution is -2.27. The molecule has 0 aliphatic rings. The van der Waals surface area contributed by atoms with Gasteiger partial charge >= 0.3 is 0 Å². The zero-order valence-corrected chi connectivity index (χ0v) is 10.1. The Bertz CT molecular complexity index is 363. The second kappa shape index (κ2) is 5.17. The molecule has 0 aliphatic carbocycles. The van der Waals surface area contributed by atoms with Gasteiger partial charge in [0.05, 0.1) is 0 Å². The van der Waals surface area contributed by atoms with Gasteiger partial charge in [-0.15, -0.1) is 11.6 Å². The van der Waals surface area contributed by atoms with E-state index in [1.807, 2.05) is 32.0 Å². The number of amides is 1. The van der Waals surface area contributed by atoms with Crippen molar-refractivity contribution in [2.75, 3.05) is 17.8 Å². The summed E-state index contributed by atoms with van der Waals surface area (Å²) in [6, 6.07) is 6.08. The molecule has 1 aromatic carbocycles. The molecule has 0 aromatic heterocycles. The minimum Gasteiger partial charge on any atom is -0.315 e. The molecule has 0 saturated carbocycles. The number of aryl methyl sites for hydroxylation is 2.